The van der Waals surface area contributed by atoms with E-state index in [0.29, 0.717) is 11.2 Å². The number of piperidine rings is 1. The number of halogens is 1. The summed E-state index contributed by atoms with van der Waals surface area (Å²) in [7, 11) is 0. The topological polar surface area (TPSA) is 63.1 Å². The van der Waals surface area contributed by atoms with Gasteiger partial charge in [0.2, 0.25) is 0 Å². The first kappa shape index (κ1) is 21.1. The zero-order chi connectivity index (χ0) is 18.8. The predicted octanol–water partition coefficient (Wildman–Crippen LogP) is 3.32. The molecule has 1 fully saturated rings. The van der Waals surface area contributed by atoms with Crippen molar-refractivity contribution in [2.24, 2.45) is 0 Å². The summed E-state index contributed by atoms with van der Waals surface area (Å²) < 4.78 is 2.27. The van der Waals surface area contributed by atoms with Crippen molar-refractivity contribution in [2.45, 2.75) is 55.8 Å². The number of benzene rings is 1. The fraction of sp³-hybridized carbons (Fsp3) is 0.550. The third-order valence-corrected chi connectivity index (χ3v) is 6.29. The third-order valence-electron chi connectivity index (χ3n) is 5.27. The largest absolute Gasteiger partial charge is 0.339 e. The van der Waals surface area contributed by atoms with Gasteiger partial charge in [-0.05, 0) is 37.1 Å². The van der Waals surface area contributed by atoms with Crippen LogP contribution in [0.1, 0.15) is 54.6 Å². The number of amides is 1. The molecule has 0 atom stereocenters. The highest BCUT2D eigenvalue weighted by Crippen LogP contribution is 2.29. The molecule has 1 N–H and O–H groups in total. The molecule has 1 saturated heterocycles. The summed E-state index contributed by atoms with van der Waals surface area (Å²) in [5, 5.41) is 12.7. The standard InChI is InChI=1S/C20H27N5OS.ClH/c1-14(2)27-17-5-3-16(4-6-17)20(26)24-10-7-15(8-11-24)19-23-22-18-13-21-9-12-25(18)19;/h3-6,14-15,21H,7-13H2,1-2H3;1H. The highest BCUT2D eigenvalue weighted by molar-refractivity contribution is 7.99. The predicted molar refractivity (Wildman–Crippen MR) is 114 cm³/mol. The molecular formula is C20H28ClN5OS. The molecule has 1 aromatic heterocycles. The molecule has 1 aromatic carbocycles. The third kappa shape index (κ3) is 4.53. The molecule has 0 aliphatic carbocycles. The Bertz CT molecular complexity index is 799. The lowest BCUT2D eigenvalue weighted by atomic mass is 9.95. The van der Waals surface area contributed by atoms with Gasteiger partial charge in [-0.15, -0.1) is 34.4 Å². The average Bonchev–Trinajstić information content (AvgIpc) is 3.12. The Morgan fingerprint density at radius 2 is 1.86 bits per heavy atom. The molecule has 0 radical (unpaired) electrons. The number of fused-ring (bicyclic) bond motifs is 1. The molecular weight excluding hydrogens is 394 g/mol. The van der Waals surface area contributed by atoms with Gasteiger partial charge in [0.15, 0.2) is 0 Å². The van der Waals surface area contributed by atoms with Crippen LogP contribution >= 0.6 is 24.2 Å². The molecule has 2 aromatic rings. The number of thioether (sulfide) groups is 1. The second-order valence-corrected chi connectivity index (χ2v) is 9.21. The van der Waals surface area contributed by atoms with Crippen LogP contribution in [0.4, 0.5) is 0 Å². The van der Waals surface area contributed by atoms with E-state index in [1.807, 2.05) is 28.8 Å². The number of hydrogen-bond donors (Lipinski definition) is 1. The first-order valence-corrected chi connectivity index (χ1v) is 10.7. The first-order chi connectivity index (χ1) is 13.1. The summed E-state index contributed by atoms with van der Waals surface area (Å²) in [6.45, 7) is 8.64. The highest BCUT2D eigenvalue weighted by Gasteiger charge is 2.29. The lowest BCUT2D eigenvalue weighted by Crippen LogP contribution is -2.38. The average molecular weight is 422 g/mol. The van der Waals surface area contributed by atoms with Crippen molar-refractivity contribution in [3.8, 4) is 0 Å². The Kier molecular flexibility index (Phi) is 7.01. The zero-order valence-electron chi connectivity index (χ0n) is 16.4. The molecule has 1 amide bonds. The Balaban J connectivity index is 0.00000225. The van der Waals surface area contributed by atoms with Gasteiger partial charge in [-0.1, -0.05) is 13.8 Å². The molecule has 0 unspecified atom stereocenters. The minimum Gasteiger partial charge on any atom is -0.339 e. The molecule has 4 rings (SSSR count). The van der Waals surface area contributed by atoms with E-state index in [4.69, 9.17) is 0 Å². The maximum absolute atomic E-state index is 12.8. The molecule has 28 heavy (non-hydrogen) atoms. The number of carbonyl (C=O) groups excluding carboxylic acids is 1. The summed E-state index contributed by atoms with van der Waals surface area (Å²) in [4.78, 5) is 16.0. The number of nitrogens with zero attached hydrogens (tertiary/aromatic N) is 4. The van der Waals surface area contributed by atoms with Crippen molar-refractivity contribution < 1.29 is 4.79 Å². The van der Waals surface area contributed by atoms with Crippen molar-refractivity contribution in [2.75, 3.05) is 19.6 Å². The van der Waals surface area contributed by atoms with Gasteiger partial charge in [-0.2, -0.15) is 0 Å². The van der Waals surface area contributed by atoms with Crippen LogP contribution in [0.25, 0.3) is 0 Å². The van der Waals surface area contributed by atoms with Gasteiger partial charge < -0.3 is 14.8 Å². The Morgan fingerprint density at radius 3 is 2.54 bits per heavy atom. The van der Waals surface area contributed by atoms with E-state index in [-0.39, 0.29) is 18.3 Å². The lowest BCUT2D eigenvalue weighted by molar-refractivity contribution is 0.0710. The van der Waals surface area contributed by atoms with Crippen molar-refractivity contribution in [1.82, 2.24) is 25.0 Å². The Hall–Kier alpha value is -1.57. The first-order valence-electron chi connectivity index (χ1n) is 9.80. The lowest BCUT2D eigenvalue weighted by Gasteiger charge is -2.32. The summed E-state index contributed by atoms with van der Waals surface area (Å²) in [6, 6.07) is 8.03. The summed E-state index contributed by atoms with van der Waals surface area (Å²) in [5.74, 6) is 2.68. The van der Waals surface area contributed by atoms with E-state index in [0.717, 1.165) is 62.8 Å². The highest BCUT2D eigenvalue weighted by atomic mass is 35.5. The van der Waals surface area contributed by atoms with Gasteiger partial charge in [-0.25, -0.2) is 0 Å². The number of rotatable bonds is 4. The molecule has 0 saturated carbocycles. The fourth-order valence-corrected chi connectivity index (χ4v) is 4.73. The zero-order valence-corrected chi connectivity index (χ0v) is 18.1. The number of hydrogen-bond acceptors (Lipinski definition) is 5. The van der Waals surface area contributed by atoms with Gasteiger partial charge in [0.25, 0.3) is 5.91 Å². The molecule has 152 valence electrons. The van der Waals surface area contributed by atoms with Crippen LogP contribution in [0.5, 0.6) is 0 Å². The molecule has 6 nitrogen and oxygen atoms in total. The summed E-state index contributed by atoms with van der Waals surface area (Å²) in [6.07, 6.45) is 1.91. The maximum atomic E-state index is 12.8. The van der Waals surface area contributed by atoms with Crippen molar-refractivity contribution in [3.05, 3.63) is 41.5 Å². The van der Waals surface area contributed by atoms with Gasteiger partial charge in [0, 0.05) is 47.8 Å². The molecule has 8 heteroatoms. The van der Waals surface area contributed by atoms with Crippen molar-refractivity contribution >= 4 is 30.1 Å². The van der Waals surface area contributed by atoms with Crippen LogP contribution < -0.4 is 5.32 Å². The second-order valence-electron chi connectivity index (χ2n) is 7.56. The van der Waals surface area contributed by atoms with Crippen LogP contribution in [0.3, 0.4) is 0 Å². The Labute approximate surface area is 176 Å². The smallest absolute Gasteiger partial charge is 0.253 e. The van der Waals surface area contributed by atoms with E-state index in [1.54, 1.807) is 0 Å². The second kappa shape index (κ2) is 9.29. The van der Waals surface area contributed by atoms with E-state index in [2.05, 4.69) is 46.1 Å². The van der Waals surface area contributed by atoms with Gasteiger partial charge in [-0.3, -0.25) is 4.79 Å². The van der Waals surface area contributed by atoms with E-state index < -0.39 is 0 Å². The van der Waals surface area contributed by atoms with Crippen LogP contribution in [-0.4, -0.2) is 50.5 Å². The molecule has 3 heterocycles. The van der Waals surface area contributed by atoms with Crippen molar-refractivity contribution in [3.63, 3.8) is 0 Å². The van der Waals surface area contributed by atoms with Crippen molar-refractivity contribution in [1.29, 1.82) is 0 Å². The van der Waals surface area contributed by atoms with Crippen LogP contribution in [0.15, 0.2) is 29.2 Å². The number of carbonyl (C=O) groups is 1. The normalized spacial score (nSPS) is 17.3. The van der Waals surface area contributed by atoms with Crippen LogP contribution in [0.2, 0.25) is 0 Å². The van der Waals surface area contributed by atoms with Gasteiger partial charge in [0.05, 0.1) is 6.54 Å². The monoisotopic (exact) mass is 421 g/mol. The molecule has 0 spiro atoms. The Morgan fingerprint density at radius 1 is 1.14 bits per heavy atom. The molecule has 2 aliphatic rings. The van der Waals surface area contributed by atoms with Crippen LogP contribution in [-0.2, 0) is 13.1 Å². The maximum Gasteiger partial charge on any atom is 0.253 e. The van der Waals surface area contributed by atoms with Crippen LogP contribution in [0, 0.1) is 0 Å². The van der Waals surface area contributed by atoms with Gasteiger partial charge >= 0.3 is 0 Å². The quantitative estimate of drug-likeness (QED) is 0.767. The fourth-order valence-electron chi connectivity index (χ4n) is 3.89. The molecule has 2 aliphatic heterocycles. The number of nitrogens with one attached hydrogen (secondary N) is 1. The van der Waals surface area contributed by atoms with Gasteiger partial charge in [0.1, 0.15) is 11.6 Å². The summed E-state index contributed by atoms with van der Waals surface area (Å²) in [5.41, 5.74) is 0.785. The minimum atomic E-state index is 0. The number of likely N-dealkylation sites (tertiary alicyclic amines) is 1. The number of aromatic nitrogens is 3. The molecule has 0 bridgehead atoms. The SMILES string of the molecule is CC(C)Sc1ccc(C(=O)N2CCC(c3nnc4n3CCNC4)CC2)cc1.Cl. The summed E-state index contributed by atoms with van der Waals surface area (Å²) >= 11 is 1.82. The van der Waals surface area contributed by atoms with E-state index in [9.17, 15) is 4.79 Å². The van der Waals surface area contributed by atoms with E-state index in [1.165, 1.54) is 4.90 Å². The minimum absolute atomic E-state index is 0. The van der Waals surface area contributed by atoms with E-state index >= 15 is 0 Å².